The largest absolute Gasteiger partial charge is 0.423 e. The molecular formula is C24H32O3. The van der Waals surface area contributed by atoms with Gasteiger partial charge in [0.1, 0.15) is 5.75 Å². The molecule has 27 heavy (non-hydrogen) atoms. The number of esters is 1. The standard InChI is InChI=1S/C24H32O3/c1-4-6-7-8-11-21-12-9-10-13-23(21)27-24(25)22-16-14-20(15-17-22)19(3)26-18-5-2/h9-10,12-17,19H,4-8,11,18H2,1-3H3. The van der Waals surface area contributed by atoms with Gasteiger partial charge in [0.15, 0.2) is 0 Å². The molecule has 0 radical (unpaired) electrons. The van der Waals surface area contributed by atoms with Gasteiger partial charge in [0, 0.05) is 6.61 Å². The maximum atomic E-state index is 12.5. The molecule has 0 aliphatic heterocycles. The van der Waals surface area contributed by atoms with Crippen molar-refractivity contribution < 1.29 is 14.3 Å². The first-order valence-electron chi connectivity index (χ1n) is 10.2. The summed E-state index contributed by atoms with van der Waals surface area (Å²) in [6.45, 7) is 7.06. The van der Waals surface area contributed by atoms with Crippen molar-refractivity contribution in [2.75, 3.05) is 6.61 Å². The lowest BCUT2D eigenvalue weighted by Gasteiger charge is -2.13. The highest BCUT2D eigenvalue weighted by molar-refractivity contribution is 5.91. The maximum absolute atomic E-state index is 12.5. The number of benzene rings is 2. The van der Waals surface area contributed by atoms with Crippen LogP contribution in [0.25, 0.3) is 0 Å². The number of carbonyl (C=O) groups is 1. The van der Waals surface area contributed by atoms with Gasteiger partial charge in [0.05, 0.1) is 11.7 Å². The fourth-order valence-corrected chi connectivity index (χ4v) is 2.99. The highest BCUT2D eigenvalue weighted by Gasteiger charge is 2.13. The number of hydrogen-bond donors (Lipinski definition) is 0. The highest BCUT2D eigenvalue weighted by Crippen LogP contribution is 2.23. The predicted molar refractivity (Wildman–Crippen MR) is 110 cm³/mol. The van der Waals surface area contributed by atoms with E-state index in [-0.39, 0.29) is 12.1 Å². The van der Waals surface area contributed by atoms with Crippen LogP contribution < -0.4 is 4.74 Å². The van der Waals surface area contributed by atoms with Gasteiger partial charge in [-0.05, 0) is 55.5 Å². The van der Waals surface area contributed by atoms with Gasteiger partial charge in [0.25, 0.3) is 0 Å². The number of ether oxygens (including phenoxy) is 2. The van der Waals surface area contributed by atoms with Gasteiger partial charge in [-0.1, -0.05) is 63.4 Å². The fraction of sp³-hybridized carbons (Fsp3) is 0.458. The molecule has 1 unspecified atom stereocenters. The Morgan fingerprint density at radius 1 is 0.926 bits per heavy atom. The molecule has 2 rings (SSSR count). The van der Waals surface area contributed by atoms with Crippen LogP contribution >= 0.6 is 0 Å². The normalized spacial score (nSPS) is 12.0. The average molecular weight is 369 g/mol. The van der Waals surface area contributed by atoms with Crippen molar-refractivity contribution >= 4 is 5.97 Å². The van der Waals surface area contributed by atoms with Gasteiger partial charge in [0.2, 0.25) is 0 Å². The maximum Gasteiger partial charge on any atom is 0.343 e. The summed E-state index contributed by atoms with van der Waals surface area (Å²) in [6, 6.07) is 15.3. The molecule has 0 bridgehead atoms. The van der Waals surface area contributed by atoms with Gasteiger partial charge in [-0.25, -0.2) is 4.79 Å². The molecule has 3 heteroatoms. The summed E-state index contributed by atoms with van der Waals surface area (Å²) in [6.07, 6.45) is 6.74. The van der Waals surface area contributed by atoms with Crippen LogP contribution in [0.4, 0.5) is 0 Å². The quantitative estimate of drug-likeness (QED) is 0.257. The molecule has 0 N–H and O–H groups in total. The average Bonchev–Trinajstić information content (AvgIpc) is 2.70. The summed E-state index contributed by atoms with van der Waals surface area (Å²) in [7, 11) is 0. The molecule has 0 saturated carbocycles. The van der Waals surface area contributed by atoms with Crippen molar-refractivity contribution in [3.63, 3.8) is 0 Å². The Balaban J connectivity index is 1.98. The lowest BCUT2D eigenvalue weighted by atomic mass is 10.1. The third kappa shape index (κ3) is 6.84. The summed E-state index contributed by atoms with van der Waals surface area (Å²) >= 11 is 0. The Morgan fingerprint density at radius 3 is 2.37 bits per heavy atom. The van der Waals surface area contributed by atoms with Crippen molar-refractivity contribution in [3.05, 3.63) is 65.2 Å². The molecule has 0 heterocycles. The topological polar surface area (TPSA) is 35.5 Å². The first-order valence-corrected chi connectivity index (χ1v) is 10.2. The zero-order chi connectivity index (χ0) is 19.5. The van der Waals surface area contributed by atoms with Crippen LogP contribution in [0.15, 0.2) is 48.5 Å². The van der Waals surface area contributed by atoms with Crippen LogP contribution in [-0.4, -0.2) is 12.6 Å². The monoisotopic (exact) mass is 368 g/mol. The zero-order valence-electron chi connectivity index (χ0n) is 16.9. The van der Waals surface area contributed by atoms with Crippen molar-refractivity contribution in [2.24, 2.45) is 0 Å². The van der Waals surface area contributed by atoms with E-state index in [0.29, 0.717) is 11.3 Å². The van der Waals surface area contributed by atoms with Crippen molar-refractivity contribution in [3.8, 4) is 5.75 Å². The first-order chi connectivity index (χ1) is 13.2. The molecule has 0 aliphatic rings. The molecule has 3 nitrogen and oxygen atoms in total. The minimum Gasteiger partial charge on any atom is -0.423 e. The van der Waals surface area contributed by atoms with Crippen LogP contribution in [0.3, 0.4) is 0 Å². The van der Waals surface area contributed by atoms with E-state index in [0.717, 1.165) is 37.0 Å². The van der Waals surface area contributed by atoms with E-state index in [4.69, 9.17) is 9.47 Å². The van der Waals surface area contributed by atoms with E-state index in [1.54, 1.807) is 0 Å². The van der Waals surface area contributed by atoms with Crippen molar-refractivity contribution in [1.29, 1.82) is 0 Å². The number of rotatable bonds is 11. The minimum absolute atomic E-state index is 0.0267. The SMILES string of the molecule is CCCCCCc1ccccc1OC(=O)c1ccc(C(C)OCCC)cc1. The lowest BCUT2D eigenvalue weighted by molar-refractivity contribution is 0.0660. The van der Waals surface area contributed by atoms with Crippen molar-refractivity contribution in [2.45, 2.75) is 65.4 Å². The predicted octanol–water partition coefficient (Wildman–Crippen LogP) is 6.52. The number of aryl methyl sites for hydroxylation is 1. The van der Waals surface area contributed by atoms with E-state index in [1.807, 2.05) is 55.5 Å². The summed E-state index contributed by atoms with van der Waals surface area (Å²) in [5.74, 6) is 0.354. The van der Waals surface area contributed by atoms with E-state index in [9.17, 15) is 4.79 Å². The highest BCUT2D eigenvalue weighted by atomic mass is 16.5. The third-order valence-corrected chi connectivity index (χ3v) is 4.66. The molecule has 0 aliphatic carbocycles. The van der Waals surface area contributed by atoms with Crippen LogP contribution in [0.5, 0.6) is 5.75 Å². The molecule has 0 fully saturated rings. The fourth-order valence-electron chi connectivity index (χ4n) is 2.99. The zero-order valence-corrected chi connectivity index (χ0v) is 16.9. The number of carbonyl (C=O) groups excluding carboxylic acids is 1. The molecule has 146 valence electrons. The Bertz CT molecular complexity index is 691. The summed E-state index contributed by atoms with van der Waals surface area (Å²) in [5, 5.41) is 0. The molecule has 2 aromatic carbocycles. The van der Waals surface area contributed by atoms with E-state index < -0.39 is 0 Å². The minimum atomic E-state index is -0.315. The first kappa shape index (κ1) is 21.2. The Hall–Kier alpha value is -2.13. The smallest absolute Gasteiger partial charge is 0.343 e. The van der Waals surface area contributed by atoms with Crippen molar-refractivity contribution in [1.82, 2.24) is 0 Å². The van der Waals surface area contributed by atoms with Gasteiger partial charge in [-0.3, -0.25) is 0 Å². The van der Waals surface area contributed by atoms with Gasteiger partial charge in [-0.15, -0.1) is 0 Å². The van der Waals surface area contributed by atoms with E-state index in [1.165, 1.54) is 19.3 Å². The Kier molecular flexibility index (Phi) is 9.06. The molecule has 0 saturated heterocycles. The summed E-state index contributed by atoms with van der Waals surface area (Å²) in [5.41, 5.74) is 2.72. The van der Waals surface area contributed by atoms with Crippen LogP contribution in [0.1, 0.15) is 80.5 Å². The number of para-hydroxylation sites is 1. The van der Waals surface area contributed by atoms with E-state index in [2.05, 4.69) is 13.8 Å². The van der Waals surface area contributed by atoms with Crippen LogP contribution in [-0.2, 0) is 11.2 Å². The molecule has 0 amide bonds. The molecule has 0 spiro atoms. The second-order valence-electron chi connectivity index (χ2n) is 6.94. The molecular weight excluding hydrogens is 336 g/mol. The van der Waals surface area contributed by atoms with Crippen LogP contribution in [0, 0.1) is 0 Å². The number of unbranched alkanes of at least 4 members (excludes halogenated alkanes) is 3. The Labute approximate surface area is 163 Å². The molecule has 1 atom stereocenters. The number of hydrogen-bond acceptors (Lipinski definition) is 3. The lowest BCUT2D eigenvalue weighted by Crippen LogP contribution is -2.10. The van der Waals surface area contributed by atoms with E-state index >= 15 is 0 Å². The Morgan fingerprint density at radius 2 is 1.67 bits per heavy atom. The molecule has 2 aromatic rings. The van der Waals surface area contributed by atoms with Crippen LogP contribution in [0.2, 0.25) is 0 Å². The summed E-state index contributed by atoms with van der Waals surface area (Å²) in [4.78, 5) is 12.5. The summed E-state index contributed by atoms with van der Waals surface area (Å²) < 4.78 is 11.4. The van der Waals surface area contributed by atoms with Gasteiger partial charge >= 0.3 is 5.97 Å². The second kappa shape index (κ2) is 11.6. The van der Waals surface area contributed by atoms with Gasteiger partial charge < -0.3 is 9.47 Å². The molecule has 0 aromatic heterocycles. The second-order valence-corrected chi connectivity index (χ2v) is 6.94. The van der Waals surface area contributed by atoms with Gasteiger partial charge in [-0.2, -0.15) is 0 Å². The third-order valence-electron chi connectivity index (χ3n) is 4.66.